The Bertz CT molecular complexity index is 426. The first-order valence-corrected chi connectivity index (χ1v) is 6.03. The highest BCUT2D eigenvalue weighted by Crippen LogP contribution is 2.18. The van der Waals surface area contributed by atoms with E-state index in [-0.39, 0.29) is 18.6 Å². The average Bonchev–Trinajstić information content (AvgIpc) is 2.43. The van der Waals surface area contributed by atoms with Gasteiger partial charge in [-0.2, -0.15) is 5.26 Å². The second-order valence-electron chi connectivity index (χ2n) is 4.48. The van der Waals surface area contributed by atoms with Gasteiger partial charge in [-0.05, 0) is 30.5 Å². The highest BCUT2D eigenvalue weighted by molar-refractivity contribution is 5.45. The minimum absolute atomic E-state index is 0.167. The van der Waals surface area contributed by atoms with Crippen LogP contribution in [0.15, 0.2) is 18.2 Å². The first-order chi connectivity index (χ1) is 8.62. The molecule has 0 aliphatic heterocycles. The topological polar surface area (TPSA) is 65.3 Å². The van der Waals surface area contributed by atoms with Crippen LogP contribution in [0.25, 0.3) is 0 Å². The van der Waals surface area contributed by atoms with Crippen LogP contribution in [0.5, 0.6) is 5.75 Å². The van der Waals surface area contributed by atoms with Crippen LogP contribution in [-0.2, 0) is 6.54 Å². The first kappa shape index (κ1) is 14.5. The molecular weight excluding hydrogens is 228 g/mol. The molecule has 0 spiro atoms. The summed E-state index contributed by atoms with van der Waals surface area (Å²) in [7, 11) is 1.55. The minimum Gasteiger partial charge on any atom is -0.495 e. The Hall–Kier alpha value is -1.57. The van der Waals surface area contributed by atoms with E-state index in [0.29, 0.717) is 17.9 Å². The summed E-state index contributed by atoms with van der Waals surface area (Å²) in [5, 5.41) is 21.4. The van der Waals surface area contributed by atoms with Gasteiger partial charge in [-0.3, -0.25) is 0 Å². The summed E-state index contributed by atoms with van der Waals surface area (Å²) in [5.41, 5.74) is 1.57. The summed E-state index contributed by atoms with van der Waals surface area (Å²) >= 11 is 0. The van der Waals surface area contributed by atoms with E-state index in [0.717, 1.165) is 5.56 Å². The number of nitriles is 1. The SMILES string of the molecule is COc1ccc(CNC(C)C(C)CO)cc1C#N. The number of ether oxygens (including phenoxy) is 1. The summed E-state index contributed by atoms with van der Waals surface area (Å²) in [6.07, 6.45) is 0. The Morgan fingerprint density at radius 1 is 1.44 bits per heavy atom. The maximum Gasteiger partial charge on any atom is 0.136 e. The van der Waals surface area contributed by atoms with Crippen molar-refractivity contribution in [2.45, 2.75) is 26.4 Å². The predicted octanol–water partition coefficient (Wildman–Crippen LogP) is 1.67. The highest BCUT2D eigenvalue weighted by Gasteiger charge is 2.10. The van der Waals surface area contributed by atoms with Crippen molar-refractivity contribution in [3.05, 3.63) is 29.3 Å². The standard InChI is InChI=1S/C14H20N2O2/c1-10(9-17)11(2)16-8-12-4-5-14(18-3)13(6-12)7-15/h4-6,10-11,16-17H,8-9H2,1-3H3. The minimum atomic E-state index is 0.167. The summed E-state index contributed by atoms with van der Waals surface area (Å²) in [5.74, 6) is 0.803. The zero-order valence-electron chi connectivity index (χ0n) is 11.1. The van der Waals surface area contributed by atoms with E-state index in [4.69, 9.17) is 15.1 Å². The number of hydrogen-bond donors (Lipinski definition) is 2. The van der Waals surface area contributed by atoms with Crippen LogP contribution in [0, 0.1) is 17.2 Å². The normalized spacial score (nSPS) is 13.7. The van der Waals surface area contributed by atoms with E-state index in [9.17, 15) is 0 Å². The van der Waals surface area contributed by atoms with Crippen LogP contribution in [-0.4, -0.2) is 24.9 Å². The van der Waals surface area contributed by atoms with Crippen molar-refractivity contribution >= 4 is 0 Å². The fraction of sp³-hybridized carbons (Fsp3) is 0.500. The van der Waals surface area contributed by atoms with Gasteiger partial charge in [0.25, 0.3) is 0 Å². The Morgan fingerprint density at radius 2 is 2.17 bits per heavy atom. The molecule has 0 radical (unpaired) electrons. The number of aliphatic hydroxyl groups excluding tert-OH is 1. The molecule has 98 valence electrons. The van der Waals surface area contributed by atoms with E-state index in [1.54, 1.807) is 13.2 Å². The number of methoxy groups -OCH3 is 1. The smallest absolute Gasteiger partial charge is 0.136 e. The van der Waals surface area contributed by atoms with Gasteiger partial charge in [0.2, 0.25) is 0 Å². The summed E-state index contributed by atoms with van der Waals surface area (Å²) in [6.45, 7) is 4.87. The number of benzene rings is 1. The zero-order valence-corrected chi connectivity index (χ0v) is 11.1. The molecule has 2 atom stereocenters. The molecule has 0 aliphatic rings. The van der Waals surface area contributed by atoms with Crippen molar-refractivity contribution in [2.24, 2.45) is 5.92 Å². The molecule has 0 saturated heterocycles. The Balaban J connectivity index is 2.66. The third kappa shape index (κ3) is 3.73. The molecule has 18 heavy (non-hydrogen) atoms. The van der Waals surface area contributed by atoms with Crippen molar-refractivity contribution in [3.8, 4) is 11.8 Å². The van der Waals surface area contributed by atoms with Crippen molar-refractivity contribution in [1.82, 2.24) is 5.32 Å². The van der Waals surface area contributed by atoms with E-state index < -0.39 is 0 Å². The molecule has 0 saturated carbocycles. The lowest BCUT2D eigenvalue weighted by atomic mass is 10.0. The number of aliphatic hydroxyl groups is 1. The zero-order chi connectivity index (χ0) is 13.5. The molecule has 4 nitrogen and oxygen atoms in total. The third-order valence-corrected chi connectivity index (χ3v) is 3.15. The molecule has 0 aromatic heterocycles. The molecule has 0 fully saturated rings. The van der Waals surface area contributed by atoms with Crippen molar-refractivity contribution in [1.29, 1.82) is 5.26 Å². The van der Waals surface area contributed by atoms with Gasteiger partial charge in [0.05, 0.1) is 12.7 Å². The molecule has 1 aromatic rings. The summed E-state index contributed by atoms with van der Waals surface area (Å²) in [4.78, 5) is 0. The Labute approximate surface area is 108 Å². The summed E-state index contributed by atoms with van der Waals surface area (Å²) in [6, 6.07) is 7.90. The first-order valence-electron chi connectivity index (χ1n) is 6.03. The van der Waals surface area contributed by atoms with Gasteiger partial charge >= 0.3 is 0 Å². The average molecular weight is 248 g/mol. The molecular formula is C14H20N2O2. The van der Waals surface area contributed by atoms with Crippen LogP contribution >= 0.6 is 0 Å². The molecule has 0 bridgehead atoms. The Morgan fingerprint density at radius 3 is 2.72 bits per heavy atom. The molecule has 4 heteroatoms. The lowest BCUT2D eigenvalue weighted by Crippen LogP contribution is -2.33. The third-order valence-electron chi connectivity index (χ3n) is 3.15. The van der Waals surface area contributed by atoms with Crippen LogP contribution in [0.4, 0.5) is 0 Å². The summed E-state index contributed by atoms with van der Waals surface area (Å²) < 4.78 is 5.10. The van der Waals surface area contributed by atoms with E-state index in [1.165, 1.54) is 0 Å². The van der Waals surface area contributed by atoms with Gasteiger partial charge in [-0.15, -0.1) is 0 Å². The van der Waals surface area contributed by atoms with E-state index in [2.05, 4.69) is 11.4 Å². The molecule has 0 aliphatic carbocycles. The molecule has 2 unspecified atom stereocenters. The Kier molecular flexibility index (Phi) is 5.63. The van der Waals surface area contributed by atoms with Crippen LogP contribution < -0.4 is 10.1 Å². The fourth-order valence-corrected chi connectivity index (χ4v) is 1.59. The molecule has 2 N–H and O–H groups in total. The molecule has 0 heterocycles. The molecule has 1 rings (SSSR count). The number of hydrogen-bond acceptors (Lipinski definition) is 4. The second kappa shape index (κ2) is 7.00. The van der Waals surface area contributed by atoms with Crippen LogP contribution in [0.3, 0.4) is 0 Å². The van der Waals surface area contributed by atoms with Gasteiger partial charge in [-0.25, -0.2) is 0 Å². The monoisotopic (exact) mass is 248 g/mol. The van der Waals surface area contributed by atoms with E-state index in [1.807, 2.05) is 26.0 Å². The van der Waals surface area contributed by atoms with Crippen LogP contribution in [0.2, 0.25) is 0 Å². The number of nitrogens with zero attached hydrogens (tertiary/aromatic N) is 1. The fourth-order valence-electron chi connectivity index (χ4n) is 1.59. The van der Waals surface area contributed by atoms with Gasteiger partial charge in [-0.1, -0.05) is 13.0 Å². The van der Waals surface area contributed by atoms with E-state index >= 15 is 0 Å². The van der Waals surface area contributed by atoms with Gasteiger partial charge in [0, 0.05) is 19.2 Å². The van der Waals surface area contributed by atoms with Gasteiger partial charge in [0.1, 0.15) is 11.8 Å². The van der Waals surface area contributed by atoms with Crippen molar-refractivity contribution < 1.29 is 9.84 Å². The van der Waals surface area contributed by atoms with Crippen LogP contribution in [0.1, 0.15) is 25.0 Å². The lowest BCUT2D eigenvalue weighted by molar-refractivity contribution is 0.207. The quantitative estimate of drug-likeness (QED) is 0.803. The van der Waals surface area contributed by atoms with Crippen molar-refractivity contribution in [2.75, 3.05) is 13.7 Å². The molecule has 0 amide bonds. The molecule has 1 aromatic carbocycles. The maximum absolute atomic E-state index is 9.05. The number of nitrogens with one attached hydrogen (secondary N) is 1. The number of rotatable bonds is 6. The van der Waals surface area contributed by atoms with Gasteiger partial charge < -0.3 is 15.2 Å². The maximum atomic E-state index is 9.05. The lowest BCUT2D eigenvalue weighted by Gasteiger charge is -2.19. The van der Waals surface area contributed by atoms with Crippen molar-refractivity contribution in [3.63, 3.8) is 0 Å². The van der Waals surface area contributed by atoms with Gasteiger partial charge in [0.15, 0.2) is 0 Å². The highest BCUT2D eigenvalue weighted by atomic mass is 16.5. The predicted molar refractivity (Wildman–Crippen MR) is 70.3 cm³/mol. The second-order valence-corrected chi connectivity index (χ2v) is 4.48. The largest absolute Gasteiger partial charge is 0.495 e.